The molecule has 1 aliphatic heterocycles. The van der Waals surface area contributed by atoms with Gasteiger partial charge in [-0.15, -0.1) is 0 Å². The molecule has 1 aliphatic carbocycles. The molecule has 9 heteroatoms. The van der Waals surface area contributed by atoms with Crippen molar-refractivity contribution in [1.82, 2.24) is 19.5 Å². The number of fused-ring (bicyclic) bond motifs is 3. The highest BCUT2D eigenvalue weighted by Gasteiger charge is 2.28. The molecule has 0 N–H and O–H groups in total. The zero-order valence-corrected chi connectivity index (χ0v) is 17.8. The summed E-state index contributed by atoms with van der Waals surface area (Å²) in [5.41, 5.74) is 3.88. The van der Waals surface area contributed by atoms with Crippen molar-refractivity contribution in [2.45, 2.75) is 36.3 Å². The number of nitrogens with zero attached hydrogens (tertiary/aromatic N) is 5. The molecule has 0 saturated carbocycles. The van der Waals surface area contributed by atoms with E-state index in [-0.39, 0.29) is 5.91 Å². The van der Waals surface area contributed by atoms with Crippen molar-refractivity contribution in [3.05, 3.63) is 53.5 Å². The Morgan fingerprint density at radius 2 is 1.84 bits per heavy atom. The van der Waals surface area contributed by atoms with E-state index in [1.165, 1.54) is 24.1 Å². The number of anilines is 1. The number of alkyl halides is 2. The number of carbonyl (C=O) groups excluding carboxylic acids is 1. The third-order valence-corrected chi connectivity index (χ3v) is 6.79. The lowest BCUT2D eigenvalue weighted by Gasteiger charge is -2.36. The fraction of sp³-hybridized carbons (Fsp3) is 0.409. The maximum absolute atomic E-state index is 13.0. The van der Waals surface area contributed by atoms with Crippen LogP contribution in [0.2, 0.25) is 0 Å². The first-order valence-corrected chi connectivity index (χ1v) is 11.4. The zero-order chi connectivity index (χ0) is 21.4. The molecule has 1 fully saturated rings. The van der Waals surface area contributed by atoms with Gasteiger partial charge in [-0.25, -0.2) is 9.50 Å². The smallest absolute Gasteiger partial charge is 0.288 e. The van der Waals surface area contributed by atoms with Crippen LogP contribution in [0.5, 0.6) is 0 Å². The molecular formula is C22H23F2N5OS. The van der Waals surface area contributed by atoms with Crippen LogP contribution in [0.25, 0.3) is 5.52 Å². The molecule has 6 nitrogen and oxygen atoms in total. The highest BCUT2D eigenvalue weighted by molar-refractivity contribution is 7.99. The van der Waals surface area contributed by atoms with Gasteiger partial charge in [-0.3, -0.25) is 4.79 Å². The van der Waals surface area contributed by atoms with Crippen molar-refractivity contribution < 1.29 is 13.6 Å². The molecule has 162 valence electrons. The molecule has 0 radical (unpaired) electrons. The van der Waals surface area contributed by atoms with Crippen LogP contribution in [-0.4, -0.2) is 57.3 Å². The molecule has 2 aromatic heterocycles. The maximum Gasteiger partial charge on any atom is 0.288 e. The number of hydrogen-bond acceptors (Lipinski definition) is 5. The first-order chi connectivity index (χ1) is 15.1. The summed E-state index contributed by atoms with van der Waals surface area (Å²) in [5.74, 6) is -1.84. The molecule has 3 heterocycles. The monoisotopic (exact) mass is 443 g/mol. The van der Waals surface area contributed by atoms with E-state index in [9.17, 15) is 13.6 Å². The zero-order valence-electron chi connectivity index (χ0n) is 17.0. The molecule has 2 aliphatic rings. The molecule has 0 atom stereocenters. The van der Waals surface area contributed by atoms with Gasteiger partial charge >= 0.3 is 0 Å². The Balaban J connectivity index is 1.35. The number of carbonyl (C=O) groups is 1. The van der Waals surface area contributed by atoms with Crippen molar-refractivity contribution in [2.75, 3.05) is 31.1 Å². The molecule has 1 amide bonds. The van der Waals surface area contributed by atoms with E-state index in [0.717, 1.165) is 24.2 Å². The van der Waals surface area contributed by atoms with Crippen LogP contribution >= 0.6 is 11.8 Å². The van der Waals surface area contributed by atoms with Gasteiger partial charge in [-0.1, -0.05) is 23.9 Å². The van der Waals surface area contributed by atoms with Crippen LogP contribution in [0, 0.1) is 0 Å². The van der Waals surface area contributed by atoms with Crippen LogP contribution in [0.15, 0.2) is 41.6 Å². The van der Waals surface area contributed by atoms with Gasteiger partial charge in [0.05, 0.1) is 11.3 Å². The van der Waals surface area contributed by atoms with Crippen LogP contribution in [0.3, 0.4) is 0 Å². The number of amides is 1. The highest BCUT2D eigenvalue weighted by atomic mass is 32.2. The lowest BCUT2D eigenvalue weighted by molar-refractivity contribution is 0.0743. The van der Waals surface area contributed by atoms with Crippen molar-refractivity contribution >= 4 is 29.0 Å². The second kappa shape index (κ2) is 8.45. The summed E-state index contributed by atoms with van der Waals surface area (Å²) in [5, 5.41) is 4.75. The molecular weight excluding hydrogens is 420 g/mol. The average Bonchev–Trinajstić information content (AvgIpc) is 3.18. The Kier molecular flexibility index (Phi) is 5.52. The van der Waals surface area contributed by atoms with Gasteiger partial charge in [0.2, 0.25) is 0 Å². The minimum absolute atomic E-state index is 0.198. The van der Waals surface area contributed by atoms with E-state index in [4.69, 9.17) is 5.10 Å². The predicted octanol–water partition coefficient (Wildman–Crippen LogP) is 3.89. The Morgan fingerprint density at radius 1 is 1.06 bits per heavy atom. The number of benzene rings is 1. The quantitative estimate of drug-likeness (QED) is 0.573. The predicted molar refractivity (Wildman–Crippen MR) is 116 cm³/mol. The molecule has 0 unspecified atom stereocenters. The van der Waals surface area contributed by atoms with Crippen LogP contribution < -0.4 is 4.90 Å². The van der Waals surface area contributed by atoms with E-state index in [0.29, 0.717) is 48.4 Å². The molecule has 31 heavy (non-hydrogen) atoms. The van der Waals surface area contributed by atoms with Gasteiger partial charge in [-0.2, -0.15) is 13.9 Å². The summed E-state index contributed by atoms with van der Waals surface area (Å²) in [6, 6.07) is 6.60. The van der Waals surface area contributed by atoms with Gasteiger partial charge in [0, 0.05) is 49.0 Å². The fourth-order valence-corrected chi connectivity index (χ4v) is 5.14. The van der Waals surface area contributed by atoms with E-state index in [2.05, 4.69) is 9.88 Å². The van der Waals surface area contributed by atoms with Gasteiger partial charge in [-0.05, 0) is 37.8 Å². The second-order valence-electron chi connectivity index (χ2n) is 7.83. The Bertz CT molecular complexity index is 1110. The highest BCUT2D eigenvalue weighted by Crippen LogP contribution is 2.32. The standard InChI is InChI=1S/C22H23F2N5OS/c23-22(24)31-18-8-4-2-6-16(18)21(30)28-13-11-27(12-14-28)20-19-15-5-1-3-7-17(15)26-29(19)10-9-25-20/h2,4,6,8-10,22H,1,3,5,7,11-14H2. The molecule has 3 aromatic rings. The van der Waals surface area contributed by atoms with E-state index < -0.39 is 5.76 Å². The van der Waals surface area contributed by atoms with Crippen molar-refractivity contribution in [2.24, 2.45) is 0 Å². The number of aromatic nitrogens is 3. The number of hydrogen-bond donors (Lipinski definition) is 0. The number of piperazine rings is 1. The van der Waals surface area contributed by atoms with E-state index in [1.54, 1.807) is 35.4 Å². The summed E-state index contributed by atoms with van der Waals surface area (Å²) >= 11 is 0.419. The average molecular weight is 444 g/mol. The molecule has 0 bridgehead atoms. The summed E-state index contributed by atoms with van der Waals surface area (Å²) in [7, 11) is 0. The summed E-state index contributed by atoms with van der Waals surface area (Å²) < 4.78 is 27.7. The van der Waals surface area contributed by atoms with Crippen molar-refractivity contribution in [1.29, 1.82) is 0 Å². The summed E-state index contributed by atoms with van der Waals surface area (Å²) in [6.07, 6.45) is 8.04. The molecule has 1 aromatic carbocycles. The molecule has 5 rings (SSSR count). The van der Waals surface area contributed by atoms with Crippen LogP contribution in [-0.2, 0) is 12.8 Å². The van der Waals surface area contributed by atoms with Crippen LogP contribution in [0.1, 0.15) is 34.5 Å². The summed E-state index contributed by atoms with van der Waals surface area (Å²) in [4.78, 5) is 22.0. The Labute approximate surface area is 183 Å². The fourth-order valence-electron chi connectivity index (χ4n) is 4.51. The normalized spacial score (nSPS) is 16.7. The number of aryl methyl sites for hydroxylation is 2. The SMILES string of the molecule is O=C(c1ccccc1SC(F)F)N1CCN(c2nccn3nc4c(c23)CCCC4)CC1. The first-order valence-electron chi connectivity index (χ1n) is 10.5. The van der Waals surface area contributed by atoms with Crippen LogP contribution in [0.4, 0.5) is 14.6 Å². The minimum Gasteiger partial charge on any atom is -0.351 e. The van der Waals surface area contributed by atoms with E-state index >= 15 is 0 Å². The Morgan fingerprint density at radius 3 is 2.65 bits per heavy atom. The van der Waals surface area contributed by atoms with Crippen molar-refractivity contribution in [3.8, 4) is 0 Å². The third-order valence-electron chi connectivity index (χ3n) is 6.00. The first kappa shape index (κ1) is 20.2. The topological polar surface area (TPSA) is 53.7 Å². The largest absolute Gasteiger partial charge is 0.351 e. The summed E-state index contributed by atoms with van der Waals surface area (Å²) in [6.45, 7) is 2.32. The van der Waals surface area contributed by atoms with Gasteiger partial charge in [0.1, 0.15) is 5.52 Å². The lowest BCUT2D eigenvalue weighted by atomic mass is 9.97. The Hall–Kier alpha value is -2.68. The van der Waals surface area contributed by atoms with Gasteiger partial charge < -0.3 is 9.80 Å². The number of halogens is 2. The number of rotatable bonds is 4. The lowest BCUT2D eigenvalue weighted by Crippen LogP contribution is -2.49. The van der Waals surface area contributed by atoms with Crippen molar-refractivity contribution in [3.63, 3.8) is 0 Å². The second-order valence-corrected chi connectivity index (χ2v) is 8.86. The maximum atomic E-state index is 13.0. The molecule has 0 spiro atoms. The number of thioether (sulfide) groups is 1. The van der Waals surface area contributed by atoms with Gasteiger partial charge in [0.25, 0.3) is 11.7 Å². The third kappa shape index (κ3) is 3.86. The minimum atomic E-state index is -2.56. The van der Waals surface area contributed by atoms with Gasteiger partial charge in [0.15, 0.2) is 5.82 Å². The molecule has 1 saturated heterocycles. The van der Waals surface area contributed by atoms with E-state index in [1.807, 2.05) is 10.7 Å².